The lowest BCUT2D eigenvalue weighted by atomic mass is 9.98. The predicted molar refractivity (Wildman–Crippen MR) is 91.6 cm³/mol. The van der Waals surface area contributed by atoms with Crippen LogP contribution in [0.3, 0.4) is 0 Å². The lowest BCUT2D eigenvalue weighted by Gasteiger charge is -2.40. The summed E-state index contributed by atoms with van der Waals surface area (Å²) in [4.78, 5) is 0.378. The third kappa shape index (κ3) is 2.86. The van der Waals surface area contributed by atoms with Crippen molar-refractivity contribution in [1.82, 2.24) is 4.31 Å². The van der Waals surface area contributed by atoms with E-state index >= 15 is 0 Å². The summed E-state index contributed by atoms with van der Waals surface area (Å²) in [7, 11) is -3.39. The molecule has 1 aliphatic rings. The van der Waals surface area contributed by atoms with E-state index in [9.17, 15) is 8.42 Å². The maximum absolute atomic E-state index is 12.7. The summed E-state index contributed by atoms with van der Waals surface area (Å²) in [5, 5.41) is 0. The minimum atomic E-state index is -3.39. The fourth-order valence-corrected chi connectivity index (χ4v) is 4.53. The zero-order chi connectivity index (χ0) is 15.0. The van der Waals surface area contributed by atoms with Crippen LogP contribution in [0.2, 0.25) is 0 Å². The Balaban J connectivity index is 1.89. The molecule has 1 atom stereocenters. The Morgan fingerprint density at radius 2 is 1.67 bits per heavy atom. The van der Waals surface area contributed by atoms with Gasteiger partial charge in [0.15, 0.2) is 0 Å². The van der Waals surface area contributed by atoms with Crippen molar-refractivity contribution in [2.24, 2.45) is 0 Å². The zero-order valence-electron chi connectivity index (χ0n) is 11.7. The monoisotopic (exact) mass is 413 g/mol. The van der Waals surface area contributed by atoms with E-state index < -0.39 is 10.0 Å². The van der Waals surface area contributed by atoms with Crippen LogP contribution in [0.5, 0.6) is 0 Å². The smallest absolute Gasteiger partial charge is 0.207 e. The summed E-state index contributed by atoms with van der Waals surface area (Å²) in [6.07, 6.45) is 0.881. The van der Waals surface area contributed by atoms with Crippen molar-refractivity contribution in [2.75, 3.05) is 6.54 Å². The number of sulfonamides is 1. The molecule has 21 heavy (non-hydrogen) atoms. The van der Waals surface area contributed by atoms with E-state index in [1.54, 1.807) is 16.4 Å². The maximum atomic E-state index is 12.7. The minimum absolute atomic E-state index is 0.0340. The summed E-state index contributed by atoms with van der Waals surface area (Å²) in [6.45, 7) is 2.54. The van der Waals surface area contributed by atoms with Gasteiger partial charge in [0, 0.05) is 10.1 Å². The third-order valence-corrected chi connectivity index (χ3v) is 6.49. The number of rotatable bonds is 3. The number of benzene rings is 2. The molecule has 0 spiro atoms. The molecule has 0 N–H and O–H groups in total. The lowest BCUT2D eigenvalue weighted by Crippen LogP contribution is -2.44. The molecular formula is C16H16INO2S. The standard InChI is InChI=1S/C16H16INO2S/c1-12-2-8-15(9-3-12)21(19,20)18-11-10-16(18)13-4-6-14(17)7-5-13/h2-9,16H,10-11H2,1H3. The van der Waals surface area contributed by atoms with E-state index in [0.717, 1.165) is 21.1 Å². The Bertz CT molecular complexity index is 739. The molecule has 5 heteroatoms. The van der Waals surface area contributed by atoms with Crippen LogP contribution in [-0.4, -0.2) is 19.3 Å². The summed E-state index contributed by atoms with van der Waals surface area (Å²) in [5.41, 5.74) is 2.13. The van der Waals surface area contributed by atoms with Gasteiger partial charge in [-0.3, -0.25) is 0 Å². The molecule has 1 fully saturated rings. The highest BCUT2D eigenvalue weighted by molar-refractivity contribution is 14.1. The van der Waals surface area contributed by atoms with Gasteiger partial charge in [-0.2, -0.15) is 4.31 Å². The van der Waals surface area contributed by atoms with Crippen molar-refractivity contribution in [2.45, 2.75) is 24.3 Å². The second-order valence-electron chi connectivity index (χ2n) is 5.28. The lowest BCUT2D eigenvalue weighted by molar-refractivity contribution is 0.202. The van der Waals surface area contributed by atoms with E-state index in [2.05, 4.69) is 22.6 Å². The Hall–Kier alpha value is -0.920. The van der Waals surface area contributed by atoms with Gasteiger partial charge in [-0.15, -0.1) is 0 Å². The van der Waals surface area contributed by atoms with Gasteiger partial charge < -0.3 is 0 Å². The largest absolute Gasteiger partial charge is 0.243 e. The van der Waals surface area contributed by atoms with Crippen molar-refractivity contribution in [3.63, 3.8) is 0 Å². The van der Waals surface area contributed by atoms with Crippen LogP contribution in [-0.2, 0) is 10.0 Å². The van der Waals surface area contributed by atoms with Gasteiger partial charge in [0.25, 0.3) is 0 Å². The molecule has 0 bridgehead atoms. The molecule has 3 rings (SSSR count). The summed E-state index contributed by atoms with van der Waals surface area (Å²) >= 11 is 2.25. The molecule has 1 heterocycles. The molecule has 0 aliphatic carbocycles. The molecule has 0 radical (unpaired) electrons. The predicted octanol–water partition coefficient (Wildman–Crippen LogP) is 3.74. The van der Waals surface area contributed by atoms with Gasteiger partial charge in [-0.25, -0.2) is 8.42 Å². The van der Waals surface area contributed by atoms with Crippen LogP contribution in [0.4, 0.5) is 0 Å². The van der Waals surface area contributed by atoms with Gasteiger partial charge in [0.1, 0.15) is 0 Å². The van der Waals surface area contributed by atoms with Crippen molar-refractivity contribution < 1.29 is 8.42 Å². The average Bonchev–Trinajstić information content (AvgIpc) is 2.40. The number of nitrogens with zero attached hydrogens (tertiary/aromatic N) is 1. The quantitative estimate of drug-likeness (QED) is 0.720. The Labute approximate surface area is 139 Å². The zero-order valence-corrected chi connectivity index (χ0v) is 14.6. The minimum Gasteiger partial charge on any atom is -0.207 e. The van der Waals surface area contributed by atoms with Crippen molar-refractivity contribution in [1.29, 1.82) is 0 Å². The van der Waals surface area contributed by atoms with Gasteiger partial charge >= 0.3 is 0 Å². The molecule has 0 amide bonds. The number of hydrogen-bond acceptors (Lipinski definition) is 2. The summed E-state index contributed by atoms with van der Waals surface area (Å²) in [5.74, 6) is 0. The van der Waals surface area contributed by atoms with Crippen LogP contribution in [0.15, 0.2) is 53.4 Å². The van der Waals surface area contributed by atoms with Crippen molar-refractivity contribution >= 4 is 32.6 Å². The number of aryl methyl sites for hydroxylation is 1. The Morgan fingerprint density at radius 1 is 1.05 bits per heavy atom. The van der Waals surface area contributed by atoms with E-state index in [4.69, 9.17) is 0 Å². The van der Waals surface area contributed by atoms with E-state index in [-0.39, 0.29) is 6.04 Å². The van der Waals surface area contributed by atoms with Crippen molar-refractivity contribution in [3.8, 4) is 0 Å². The molecule has 110 valence electrons. The first kappa shape index (κ1) is 15.0. The Kier molecular flexibility index (Phi) is 4.07. The fraction of sp³-hybridized carbons (Fsp3) is 0.250. The number of halogens is 1. The molecule has 0 saturated carbocycles. The SMILES string of the molecule is Cc1ccc(S(=O)(=O)N2CCC2c2ccc(I)cc2)cc1. The van der Waals surface area contributed by atoms with Crippen LogP contribution >= 0.6 is 22.6 Å². The van der Waals surface area contributed by atoms with Gasteiger partial charge in [0.05, 0.1) is 10.9 Å². The van der Waals surface area contributed by atoms with Gasteiger partial charge in [-0.1, -0.05) is 29.8 Å². The first-order valence-electron chi connectivity index (χ1n) is 6.82. The summed E-state index contributed by atoms with van der Waals surface area (Å²) < 4.78 is 28.2. The third-order valence-electron chi connectivity index (χ3n) is 3.85. The number of hydrogen-bond donors (Lipinski definition) is 0. The van der Waals surface area contributed by atoms with E-state index in [1.165, 1.54) is 0 Å². The second-order valence-corrected chi connectivity index (χ2v) is 8.42. The Morgan fingerprint density at radius 3 is 2.19 bits per heavy atom. The van der Waals surface area contributed by atoms with Gasteiger partial charge in [0.2, 0.25) is 10.0 Å². The normalized spacial score (nSPS) is 19.2. The molecule has 2 aromatic carbocycles. The highest BCUT2D eigenvalue weighted by atomic mass is 127. The molecular weight excluding hydrogens is 397 g/mol. The van der Waals surface area contributed by atoms with Crippen LogP contribution in [0.1, 0.15) is 23.6 Å². The average molecular weight is 413 g/mol. The second kappa shape index (κ2) is 5.70. The highest BCUT2D eigenvalue weighted by Crippen LogP contribution is 2.38. The highest BCUT2D eigenvalue weighted by Gasteiger charge is 2.39. The summed E-state index contributed by atoms with van der Waals surface area (Å²) in [6, 6.07) is 15.1. The van der Waals surface area contributed by atoms with E-state index in [1.807, 2.05) is 43.3 Å². The fourth-order valence-electron chi connectivity index (χ4n) is 2.51. The topological polar surface area (TPSA) is 37.4 Å². The first-order valence-corrected chi connectivity index (χ1v) is 9.34. The van der Waals surface area contributed by atoms with Crippen LogP contribution < -0.4 is 0 Å². The molecule has 1 unspecified atom stereocenters. The molecule has 2 aromatic rings. The van der Waals surface area contributed by atoms with Crippen LogP contribution in [0, 0.1) is 10.5 Å². The van der Waals surface area contributed by atoms with Crippen molar-refractivity contribution in [3.05, 3.63) is 63.2 Å². The first-order chi connectivity index (χ1) is 9.98. The van der Waals surface area contributed by atoms with Crippen LogP contribution in [0.25, 0.3) is 0 Å². The molecule has 3 nitrogen and oxygen atoms in total. The molecule has 0 aromatic heterocycles. The van der Waals surface area contributed by atoms with Gasteiger partial charge in [-0.05, 0) is 65.8 Å². The molecule has 1 aliphatic heterocycles. The maximum Gasteiger partial charge on any atom is 0.243 e. The molecule has 1 saturated heterocycles. The van der Waals surface area contributed by atoms with E-state index in [0.29, 0.717) is 11.4 Å².